The highest BCUT2D eigenvalue weighted by molar-refractivity contribution is 6.32. The van der Waals surface area contributed by atoms with Crippen molar-refractivity contribution in [3.63, 3.8) is 0 Å². The van der Waals surface area contributed by atoms with Crippen molar-refractivity contribution in [2.75, 3.05) is 39.6 Å². The van der Waals surface area contributed by atoms with Gasteiger partial charge in [-0.1, -0.05) is 95.9 Å². The van der Waals surface area contributed by atoms with Gasteiger partial charge in [-0.15, -0.1) is 0 Å². The van der Waals surface area contributed by atoms with Gasteiger partial charge in [0.1, 0.15) is 47.3 Å². The van der Waals surface area contributed by atoms with E-state index in [9.17, 15) is 20.1 Å². The van der Waals surface area contributed by atoms with Crippen molar-refractivity contribution in [2.45, 2.75) is 97.4 Å². The number of nitrogens with zero attached hydrogens (tertiary/aromatic N) is 2. The molecule has 0 aromatic heterocycles. The van der Waals surface area contributed by atoms with Crippen LogP contribution < -0.4 is 25.4 Å². The number of aryl methyl sites for hydroxylation is 1. The van der Waals surface area contributed by atoms with Crippen LogP contribution in [0, 0.1) is 57.5 Å². The fraction of sp³-hybridized carbons (Fsp3) is 0.462. The molecule has 4 aromatic carbocycles. The minimum absolute atomic E-state index is 0.0446. The Kier molecular flexibility index (Phi) is 16.0. The Morgan fingerprint density at radius 2 is 1.49 bits per heavy atom. The van der Waals surface area contributed by atoms with E-state index in [1.807, 2.05) is 48.5 Å². The summed E-state index contributed by atoms with van der Waals surface area (Å²) in [4.78, 5) is 27.4. The Morgan fingerprint density at radius 1 is 0.836 bits per heavy atom. The maximum absolute atomic E-state index is 16.0. The van der Waals surface area contributed by atoms with E-state index in [1.165, 1.54) is 18.2 Å². The highest BCUT2D eigenvalue weighted by atomic mass is 35.5. The zero-order valence-electron chi connectivity index (χ0n) is 39.2. The molecule has 4 aromatic rings. The van der Waals surface area contributed by atoms with Crippen LogP contribution >= 0.6 is 23.2 Å². The summed E-state index contributed by atoms with van der Waals surface area (Å²) in [6.45, 7) is 17.2. The number of ether oxygens (including phenoxy) is 4. The average Bonchev–Trinajstić information content (AvgIpc) is 3.58. The molecule has 67 heavy (non-hydrogen) atoms. The molecule has 6 rings (SSSR count). The fourth-order valence-corrected chi connectivity index (χ4v) is 10.5. The standard InChI is InChI=1S/C52H59Cl2F2N5O6/c1-31-12-19-37(40(55)26-31)52(30-58)41(28-49(2,3)4)60-44(42(52)36-10-9-11-38(53)43(36)56)46(63)59-20-21-64-22-23-65-24-25-66-34-16-13-32(14-17-34)45(62)61-47-50(5,6)48(51(47,7)8)67-35-18-15-33(29-57)39(54)27-35/h9-19,26-27,41-42,44,47-48,60H,20-25,28H2,1-8H3,(H,59,63)(H,61,62)/t41-,42-,44?,47?,48?,52-/m0/s1. The summed E-state index contributed by atoms with van der Waals surface area (Å²) in [5.74, 6) is -2.08. The molecule has 3 N–H and O–H groups in total. The highest BCUT2D eigenvalue weighted by Gasteiger charge is 2.64. The van der Waals surface area contributed by atoms with E-state index in [4.69, 9.17) is 42.1 Å². The van der Waals surface area contributed by atoms with E-state index in [-0.39, 0.29) is 79.2 Å². The predicted octanol–water partition coefficient (Wildman–Crippen LogP) is 9.61. The van der Waals surface area contributed by atoms with Gasteiger partial charge in [0.2, 0.25) is 5.91 Å². The quantitative estimate of drug-likeness (QED) is 0.0828. The van der Waals surface area contributed by atoms with E-state index in [1.54, 1.807) is 67.6 Å². The number of carbonyl (C=O) groups excluding carboxylic acids is 2. The van der Waals surface area contributed by atoms with Gasteiger partial charge in [0.15, 0.2) is 0 Å². The van der Waals surface area contributed by atoms with Gasteiger partial charge in [-0.25, -0.2) is 8.78 Å². The predicted molar refractivity (Wildman–Crippen MR) is 253 cm³/mol. The first kappa shape index (κ1) is 51.1. The Balaban J connectivity index is 0.948. The van der Waals surface area contributed by atoms with Gasteiger partial charge in [-0.2, -0.15) is 10.5 Å². The monoisotopic (exact) mass is 957 g/mol. The second-order valence-corrected chi connectivity index (χ2v) is 20.6. The van der Waals surface area contributed by atoms with E-state index in [2.05, 4.69) is 28.1 Å². The number of halogens is 4. The molecule has 2 fully saturated rings. The topological polar surface area (TPSA) is 155 Å². The summed E-state index contributed by atoms with van der Waals surface area (Å²) in [6, 6.07) is 23.3. The van der Waals surface area contributed by atoms with Crippen LogP contribution in [0.2, 0.25) is 10.0 Å². The number of nitrogens with one attached hydrogen (secondary N) is 3. The molecule has 1 aliphatic heterocycles. The molecule has 2 amide bonds. The second kappa shape index (κ2) is 20.9. The highest BCUT2D eigenvalue weighted by Crippen LogP contribution is 2.56. The molecule has 2 aliphatic rings. The lowest BCUT2D eigenvalue weighted by Gasteiger charge is -2.63. The largest absolute Gasteiger partial charge is 0.491 e. The van der Waals surface area contributed by atoms with Crippen LogP contribution in [-0.4, -0.2) is 75.6 Å². The van der Waals surface area contributed by atoms with Crippen molar-refractivity contribution in [1.29, 1.82) is 10.5 Å². The zero-order chi connectivity index (χ0) is 48.9. The number of hydrogen-bond acceptors (Lipinski definition) is 9. The molecule has 0 spiro atoms. The van der Waals surface area contributed by atoms with Crippen LogP contribution in [-0.2, 0) is 19.7 Å². The first-order chi connectivity index (χ1) is 31.6. The summed E-state index contributed by atoms with van der Waals surface area (Å²) in [7, 11) is 0. The number of nitriles is 2. The minimum Gasteiger partial charge on any atom is -0.491 e. The maximum atomic E-state index is 16.0. The molecular weight excluding hydrogens is 900 g/mol. The van der Waals surface area contributed by atoms with Gasteiger partial charge in [0.25, 0.3) is 5.91 Å². The zero-order valence-corrected chi connectivity index (χ0v) is 40.7. The van der Waals surface area contributed by atoms with Crippen molar-refractivity contribution >= 4 is 35.0 Å². The summed E-state index contributed by atoms with van der Waals surface area (Å²) < 4.78 is 55.5. The van der Waals surface area contributed by atoms with E-state index in [0.717, 1.165) is 0 Å². The van der Waals surface area contributed by atoms with Crippen molar-refractivity contribution in [1.82, 2.24) is 16.0 Å². The third-order valence-electron chi connectivity index (χ3n) is 12.9. The molecule has 11 nitrogen and oxygen atoms in total. The van der Waals surface area contributed by atoms with Gasteiger partial charge in [-0.3, -0.25) is 9.59 Å². The van der Waals surface area contributed by atoms with E-state index < -0.39 is 51.8 Å². The Labute approximate surface area is 402 Å². The lowest BCUT2D eigenvalue weighted by molar-refractivity contribution is -0.164. The number of amides is 2. The number of carbonyl (C=O) groups is 2. The summed E-state index contributed by atoms with van der Waals surface area (Å²) in [5, 5.41) is 29.8. The van der Waals surface area contributed by atoms with Crippen molar-refractivity contribution in [3.8, 4) is 23.6 Å². The minimum atomic E-state index is -1.67. The Hall–Kier alpha value is -5.28. The number of rotatable bonds is 18. The van der Waals surface area contributed by atoms with Crippen LogP contribution in [0.4, 0.5) is 8.78 Å². The molecule has 356 valence electrons. The van der Waals surface area contributed by atoms with Gasteiger partial charge >= 0.3 is 0 Å². The van der Waals surface area contributed by atoms with Crippen LogP contribution in [0.1, 0.15) is 93.4 Å². The first-order valence-electron chi connectivity index (χ1n) is 22.4. The van der Waals surface area contributed by atoms with Gasteiger partial charge in [0.05, 0.1) is 54.1 Å². The van der Waals surface area contributed by atoms with Gasteiger partial charge in [-0.05, 0) is 78.4 Å². The SMILES string of the molecule is Cc1ccc([C@@]2(C#N)[C@H](CC(C)(C)C)NC(C(=O)NCCOCCOCCOc3ccc(C(=O)NC4C(C)(C)C(Oc5ccc(C#N)c(Cl)c5)C4(C)C)cc3)[C@@H]2c2cccc(Cl)c2F)c(F)c1. The molecule has 1 unspecified atom stereocenters. The fourth-order valence-electron chi connectivity index (χ4n) is 10.1. The Bertz CT molecular complexity index is 2500. The van der Waals surface area contributed by atoms with Crippen LogP contribution in [0.25, 0.3) is 0 Å². The summed E-state index contributed by atoms with van der Waals surface area (Å²) >= 11 is 12.5. The summed E-state index contributed by atoms with van der Waals surface area (Å²) in [5.41, 5.74) is -1.18. The number of benzene rings is 4. The number of hydrogen-bond donors (Lipinski definition) is 3. The molecule has 0 bridgehead atoms. The van der Waals surface area contributed by atoms with Gasteiger partial charge < -0.3 is 34.9 Å². The lowest BCUT2D eigenvalue weighted by atomic mass is 9.49. The molecule has 1 saturated carbocycles. The smallest absolute Gasteiger partial charge is 0.251 e. The normalized spacial score (nSPS) is 22.7. The average molecular weight is 959 g/mol. The molecule has 1 aliphatic carbocycles. The van der Waals surface area contributed by atoms with Crippen LogP contribution in [0.5, 0.6) is 11.5 Å². The Morgan fingerprint density at radius 3 is 2.12 bits per heavy atom. The van der Waals surface area contributed by atoms with E-state index >= 15 is 8.78 Å². The van der Waals surface area contributed by atoms with Crippen LogP contribution in [0.3, 0.4) is 0 Å². The molecule has 0 radical (unpaired) electrons. The van der Waals surface area contributed by atoms with Gasteiger partial charge in [0, 0.05) is 52.6 Å². The third kappa shape index (κ3) is 11.0. The molecule has 4 atom stereocenters. The first-order valence-corrected chi connectivity index (χ1v) is 23.1. The molecule has 15 heteroatoms. The third-order valence-corrected chi connectivity index (χ3v) is 13.5. The lowest BCUT2D eigenvalue weighted by Crippen LogP contribution is -2.74. The van der Waals surface area contributed by atoms with E-state index in [0.29, 0.717) is 39.6 Å². The maximum Gasteiger partial charge on any atom is 0.251 e. The van der Waals surface area contributed by atoms with Crippen molar-refractivity contribution in [3.05, 3.63) is 128 Å². The molecule has 1 heterocycles. The molecule has 1 saturated heterocycles. The summed E-state index contributed by atoms with van der Waals surface area (Å²) in [6.07, 6.45) is 0.155. The second-order valence-electron chi connectivity index (χ2n) is 19.7. The van der Waals surface area contributed by atoms with Crippen molar-refractivity contribution in [2.24, 2.45) is 16.2 Å². The molecular formula is C52H59Cl2F2N5O6. The van der Waals surface area contributed by atoms with Crippen LogP contribution in [0.15, 0.2) is 78.9 Å². The van der Waals surface area contributed by atoms with Crippen molar-refractivity contribution < 1.29 is 37.3 Å².